The predicted molar refractivity (Wildman–Crippen MR) is 87.7 cm³/mol. The topological polar surface area (TPSA) is 63.9 Å². The molecule has 0 saturated carbocycles. The van der Waals surface area contributed by atoms with Gasteiger partial charge >= 0.3 is 0 Å². The fraction of sp³-hybridized carbons (Fsp3) is 0.529. The van der Waals surface area contributed by atoms with Gasteiger partial charge in [-0.1, -0.05) is 0 Å². The lowest BCUT2D eigenvalue weighted by molar-refractivity contribution is -0.132. The highest BCUT2D eigenvalue weighted by Gasteiger charge is 2.28. The third kappa shape index (κ3) is 2.98. The van der Waals surface area contributed by atoms with E-state index in [1.807, 2.05) is 42.6 Å². The number of carbonyl (C=O) groups is 1. The largest absolute Gasteiger partial charge is 0.333 e. The number of likely N-dealkylation sites (tertiary alicyclic amines) is 1. The van der Waals surface area contributed by atoms with Crippen LogP contribution in [0.15, 0.2) is 12.3 Å². The molecule has 2 aromatic heterocycles. The minimum atomic E-state index is -0.0192. The average molecular weight is 313 g/mol. The van der Waals surface area contributed by atoms with E-state index in [0.717, 1.165) is 54.5 Å². The van der Waals surface area contributed by atoms with Crippen molar-refractivity contribution in [1.82, 2.24) is 24.4 Å². The van der Waals surface area contributed by atoms with Crippen LogP contribution in [0.1, 0.15) is 49.6 Å². The molecule has 0 radical (unpaired) electrons. The highest BCUT2D eigenvalue weighted by molar-refractivity contribution is 5.73. The summed E-state index contributed by atoms with van der Waals surface area (Å²) in [5, 5.41) is 0. The number of imidazole rings is 1. The standard InChI is InChI=1S/C17H23N5O/c1-11-9-14(16-10-18-12(2)21(16)4)20-17(19-11)15-7-5-6-8-22(15)13(3)23/h9-10,15H,5-8H2,1-4H3/t15-/m1/s1. The molecule has 0 spiro atoms. The van der Waals surface area contributed by atoms with Crippen LogP contribution in [0.2, 0.25) is 0 Å². The zero-order chi connectivity index (χ0) is 16.6. The van der Waals surface area contributed by atoms with E-state index in [1.165, 1.54) is 0 Å². The zero-order valence-corrected chi connectivity index (χ0v) is 14.2. The van der Waals surface area contributed by atoms with Gasteiger partial charge in [0.1, 0.15) is 5.82 Å². The van der Waals surface area contributed by atoms with Crippen molar-refractivity contribution in [1.29, 1.82) is 0 Å². The summed E-state index contributed by atoms with van der Waals surface area (Å²) in [6, 6.07) is 1.95. The molecule has 1 atom stereocenters. The normalized spacial score (nSPS) is 18.3. The Morgan fingerprint density at radius 3 is 2.70 bits per heavy atom. The zero-order valence-electron chi connectivity index (χ0n) is 14.2. The molecule has 2 aromatic rings. The Morgan fingerprint density at radius 1 is 1.26 bits per heavy atom. The number of carbonyl (C=O) groups excluding carboxylic acids is 1. The Bertz CT molecular complexity index is 737. The summed E-state index contributed by atoms with van der Waals surface area (Å²) in [7, 11) is 1.98. The van der Waals surface area contributed by atoms with Crippen molar-refractivity contribution in [2.45, 2.75) is 46.1 Å². The molecule has 0 unspecified atom stereocenters. The molecule has 3 heterocycles. The Kier molecular flexibility index (Phi) is 4.15. The molecule has 6 heteroatoms. The van der Waals surface area contributed by atoms with Crippen LogP contribution in [-0.2, 0) is 11.8 Å². The number of aryl methyl sites for hydroxylation is 2. The number of hydrogen-bond donors (Lipinski definition) is 0. The molecule has 1 amide bonds. The summed E-state index contributed by atoms with van der Waals surface area (Å²) < 4.78 is 2.02. The van der Waals surface area contributed by atoms with Crippen LogP contribution in [0, 0.1) is 13.8 Å². The van der Waals surface area contributed by atoms with Crippen LogP contribution in [0.3, 0.4) is 0 Å². The van der Waals surface area contributed by atoms with E-state index in [4.69, 9.17) is 4.98 Å². The number of aromatic nitrogens is 4. The van der Waals surface area contributed by atoms with E-state index in [0.29, 0.717) is 0 Å². The summed E-state index contributed by atoms with van der Waals surface area (Å²) in [6.07, 6.45) is 4.92. The minimum absolute atomic E-state index is 0.0192. The van der Waals surface area contributed by atoms with Gasteiger partial charge in [-0.15, -0.1) is 0 Å². The molecule has 0 bridgehead atoms. The highest BCUT2D eigenvalue weighted by atomic mass is 16.2. The maximum Gasteiger partial charge on any atom is 0.220 e. The number of amides is 1. The second-order valence-electron chi connectivity index (χ2n) is 6.23. The second-order valence-corrected chi connectivity index (χ2v) is 6.23. The van der Waals surface area contributed by atoms with Crippen LogP contribution in [0.4, 0.5) is 0 Å². The summed E-state index contributed by atoms with van der Waals surface area (Å²) in [5.41, 5.74) is 2.75. The van der Waals surface area contributed by atoms with Crippen LogP contribution in [0.5, 0.6) is 0 Å². The Hall–Kier alpha value is -2.24. The van der Waals surface area contributed by atoms with Crippen LogP contribution >= 0.6 is 0 Å². The Labute approximate surface area is 136 Å². The minimum Gasteiger partial charge on any atom is -0.333 e. The fourth-order valence-electron chi connectivity index (χ4n) is 3.19. The first kappa shape index (κ1) is 15.6. The third-order valence-corrected chi connectivity index (χ3v) is 4.56. The van der Waals surface area contributed by atoms with Gasteiger partial charge in [0, 0.05) is 26.2 Å². The SMILES string of the molecule is CC(=O)N1CCCC[C@@H]1c1nc(C)cc(-c2cnc(C)n2C)n1. The molecule has 0 aliphatic carbocycles. The predicted octanol–water partition coefficient (Wildman–Crippen LogP) is 2.57. The smallest absolute Gasteiger partial charge is 0.220 e. The number of nitrogens with zero attached hydrogens (tertiary/aromatic N) is 5. The van der Waals surface area contributed by atoms with Gasteiger partial charge in [-0.2, -0.15) is 0 Å². The molecular formula is C17H23N5O. The summed E-state index contributed by atoms with van der Waals surface area (Å²) >= 11 is 0. The number of piperidine rings is 1. The van der Waals surface area contributed by atoms with E-state index < -0.39 is 0 Å². The quantitative estimate of drug-likeness (QED) is 0.855. The Balaban J connectivity index is 2.03. The number of rotatable bonds is 2. The van der Waals surface area contributed by atoms with Gasteiger partial charge in [-0.05, 0) is 39.2 Å². The maximum atomic E-state index is 11.9. The van der Waals surface area contributed by atoms with Gasteiger partial charge < -0.3 is 9.47 Å². The van der Waals surface area contributed by atoms with E-state index >= 15 is 0 Å². The van der Waals surface area contributed by atoms with Crippen molar-refractivity contribution < 1.29 is 4.79 Å². The van der Waals surface area contributed by atoms with Crippen molar-refractivity contribution in [2.24, 2.45) is 7.05 Å². The molecule has 1 aliphatic heterocycles. The van der Waals surface area contributed by atoms with Crippen molar-refractivity contribution in [3.8, 4) is 11.4 Å². The van der Waals surface area contributed by atoms with Crippen molar-refractivity contribution >= 4 is 5.91 Å². The van der Waals surface area contributed by atoms with E-state index in [-0.39, 0.29) is 11.9 Å². The average Bonchev–Trinajstić information content (AvgIpc) is 2.86. The van der Waals surface area contributed by atoms with Crippen molar-refractivity contribution in [3.05, 3.63) is 29.6 Å². The summed E-state index contributed by atoms with van der Waals surface area (Å²) in [4.78, 5) is 27.6. The molecular weight excluding hydrogens is 290 g/mol. The lowest BCUT2D eigenvalue weighted by atomic mass is 10.0. The summed E-state index contributed by atoms with van der Waals surface area (Å²) in [6.45, 7) is 6.35. The van der Waals surface area contributed by atoms with Crippen LogP contribution in [0.25, 0.3) is 11.4 Å². The molecule has 1 aliphatic rings. The van der Waals surface area contributed by atoms with Gasteiger partial charge in [0.15, 0.2) is 5.82 Å². The first-order valence-corrected chi connectivity index (χ1v) is 8.09. The van der Waals surface area contributed by atoms with Crippen molar-refractivity contribution in [3.63, 3.8) is 0 Å². The van der Waals surface area contributed by atoms with E-state index in [1.54, 1.807) is 6.92 Å². The van der Waals surface area contributed by atoms with Gasteiger partial charge in [0.05, 0.1) is 23.6 Å². The van der Waals surface area contributed by atoms with Gasteiger partial charge in [0.2, 0.25) is 5.91 Å². The lowest BCUT2D eigenvalue weighted by Crippen LogP contribution is -2.37. The molecule has 3 rings (SSSR count). The van der Waals surface area contributed by atoms with Gasteiger partial charge in [-0.25, -0.2) is 15.0 Å². The molecule has 6 nitrogen and oxygen atoms in total. The fourth-order valence-corrected chi connectivity index (χ4v) is 3.19. The van der Waals surface area contributed by atoms with Crippen LogP contribution in [-0.4, -0.2) is 36.9 Å². The first-order chi connectivity index (χ1) is 11.0. The molecule has 1 saturated heterocycles. The molecule has 1 fully saturated rings. The summed E-state index contributed by atoms with van der Waals surface area (Å²) in [5.74, 6) is 1.78. The highest BCUT2D eigenvalue weighted by Crippen LogP contribution is 2.30. The molecule has 0 N–H and O–H groups in total. The first-order valence-electron chi connectivity index (χ1n) is 8.09. The number of hydrogen-bond acceptors (Lipinski definition) is 4. The lowest BCUT2D eigenvalue weighted by Gasteiger charge is -2.34. The van der Waals surface area contributed by atoms with Gasteiger partial charge in [-0.3, -0.25) is 4.79 Å². The van der Waals surface area contributed by atoms with Crippen LogP contribution < -0.4 is 0 Å². The Morgan fingerprint density at radius 2 is 2.04 bits per heavy atom. The van der Waals surface area contributed by atoms with E-state index in [2.05, 4.69) is 9.97 Å². The third-order valence-electron chi connectivity index (χ3n) is 4.56. The molecule has 122 valence electrons. The van der Waals surface area contributed by atoms with Gasteiger partial charge in [0.25, 0.3) is 0 Å². The molecule has 0 aromatic carbocycles. The maximum absolute atomic E-state index is 11.9. The second kappa shape index (κ2) is 6.10. The monoisotopic (exact) mass is 313 g/mol. The van der Waals surface area contributed by atoms with Crippen molar-refractivity contribution in [2.75, 3.05) is 6.54 Å². The van der Waals surface area contributed by atoms with E-state index in [9.17, 15) is 4.79 Å². The molecule has 23 heavy (non-hydrogen) atoms.